The second kappa shape index (κ2) is 13.2. The first-order valence-corrected chi connectivity index (χ1v) is 8.87. The predicted molar refractivity (Wildman–Crippen MR) is 89.9 cm³/mol. The summed E-state index contributed by atoms with van der Waals surface area (Å²) in [5.41, 5.74) is 0. The fourth-order valence-corrected chi connectivity index (χ4v) is 2.26. The molecule has 1 rings (SSSR count). The Kier molecular flexibility index (Phi) is 11.6. The van der Waals surface area contributed by atoms with Crippen LogP contribution >= 0.6 is 0 Å². The molecule has 1 fully saturated rings. The third kappa shape index (κ3) is 12.9. The van der Waals surface area contributed by atoms with E-state index in [0.29, 0.717) is 45.2 Å². The first-order valence-electron chi connectivity index (χ1n) is 8.87. The maximum absolute atomic E-state index is 11.9. The van der Waals surface area contributed by atoms with Crippen LogP contribution in [-0.2, 0) is 14.2 Å². The molecule has 0 amide bonds. The van der Waals surface area contributed by atoms with Gasteiger partial charge in [-0.3, -0.25) is 4.99 Å². The van der Waals surface area contributed by atoms with Gasteiger partial charge in [-0.15, -0.1) is 0 Å². The maximum Gasteiger partial charge on any atom is 0.411 e. The lowest BCUT2D eigenvalue weighted by atomic mass is 10.2. The highest BCUT2D eigenvalue weighted by Gasteiger charge is 2.27. The molecular formula is C16H30F3N3O3. The molecule has 1 aliphatic heterocycles. The second-order valence-electron chi connectivity index (χ2n) is 5.77. The number of nitrogens with zero attached hydrogens (tertiary/aromatic N) is 1. The van der Waals surface area contributed by atoms with E-state index in [-0.39, 0.29) is 12.7 Å². The monoisotopic (exact) mass is 369 g/mol. The summed E-state index contributed by atoms with van der Waals surface area (Å²) in [6, 6.07) is 0. The van der Waals surface area contributed by atoms with Gasteiger partial charge in [-0.1, -0.05) is 0 Å². The number of rotatable bonds is 12. The Hall–Kier alpha value is -1.06. The molecule has 0 spiro atoms. The van der Waals surface area contributed by atoms with Crippen molar-refractivity contribution in [2.45, 2.75) is 44.9 Å². The fraction of sp³-hybridized carbons (Fsp3) is 0.938. The maximum atomic E-state index is 11.9. The lowest BCUT2D eigenvalue weighted by Crippen LogP contribution is -2.38. The fourth-order valence-electron chi connectivity index (χ4n) is 2.26. The van der Waals surface area contributed by atoms with Gasteiger partial charge in [0.15, 0.2) is 5.96 Å². The van der Waals surface area contributed by atoms with Crippen LogP contribution < -0.4 is 10.6 Å². The zero-order valence-electron chi connectivity index (χ0n) is 14.9. The number of alkyl halides is 3. The van der Waals surface area contributed by atoms with Gasteiger partial charge in [0, 0.05) is 39.5 Å². The Balaban J connectivity index is 2.03. The molecule has 0 aliphatic carbocycles. The van der Waals surface area contributed by atoms with Crippen LogP contribution in [0.1, 0.15) is 32.6 Å². The van der Waals surface area contributed by atoms with Gasteiger partial charge in [0.2, 0.25) is 0 Å². The van der Waals surface area contributed by atoms with Gasteiger partial charge < -0.3 is 24.8 Å². The van der Waals surface area contributed by atoms with Gasteiger partial charge in [0.1, 0.15) is 6.61 Å². The highest BCUT2D eigenvalue weighted by molar-refractivity contribution is 5.79. The van der Waals surface area contributed by atoms with Gasteiger partial charge in [-0.25, -0.2) is 0 Å². The summed E-state index contributed by atoms with van der Waals surface area (Å²) in [4.78, 5) is 4.30. The number of nitrogens with one attached hydrogen (secondary N) is 2. The second-order valence-corrected chi connectivity index (χ2v) is 5.77. The number of halogens is 3. The van der Waals surface area contributed by atoms with Gasteiger partial charge in [0.05, 0.1) is 12.7 Å². The molecule has 1 unspecified atom stereocenters. The highest BCUT2D eigenvalue weighted by atomic mass is 19.4. The molecule has 9 heteroatoms. The minimum Gasteiger partial charge on any atom is -0.379 e. The van der Waals surface area contributed by atoms with Crippen molar-refractivity contribution in [1.82, 2.24) is 10.6 Å². The van der Waals surface area contributed by atoms with Crippen molar-refractivity contribution in [2.75, 3.05) is 52.7 Å². The van der Waals surface area contributed by atoms with E-state index < -0.39 is 12.8 Å². The Labute approximate surface area is 147 Å². The number of hydrogen-bond donors (Lipinski definition) is 2. The van der Waals surface area contributed by atoms with E-state index in [2.05, 4.69) is 20.4 Å². The van der Waals surface area contributed by atoms with E-state index in [9.17, 15) is 13.2 Å². The molecule has 148 valence electrons. The van der Waals surface area contributed by atoms with Crippen LogP contribution in [0.3, 0.4) is 0 Å². The Bertz CT molecular complexity index is 362. The van der Waals surface area contributed by atoms with E-state index in [1.165, 1.54) is 0 Å². The first-order chi connectivity index (χ1) is 12.0. The lowest BCUT2D eigenvalue weighted by Gasteiger charge is -2.12. The van der Waals surface area contributed by atoms with E-state index in [0.717, 1.165) is 25.9 Å². The van der Waals surface area contributed by atoms with E-state index in [1.54, 1.807) is 0 Å². The van der Waals surface area contributed by atoms with Crippen molar-refractivity contribution < 1.29 is 27.4 Å². The molecule has 0 aromatic heterocycles. The third-order valence-electron chi connectivity index (χ3n) is 3.41. The smallest absolute Gasteiger partial charge is 0.379 e. The van der Waals surface area contributed by atoms with Gasteiger partial charge in [-0.2, -0.15) is 13.2 Å². The molecule has 1 heterocycles. The van der Waals surface area contributed by atoms with Gasteiger partial charge >= 0.3 is 6.18 Å². The topological polar surface area (TPSA) is 64.1 Å². The molecule has 0 radical (unpaired) electrons. The van der Waals surface area contributed by atoms with Crippen molar-refractivity contribution in [3.8, 4) is 0 Å². The van der Waals surface area contributed by atoms with Crippen LogP contribution in [0.4, 0.5) is 13.2 Å². The van der Waals surface area contributed by atoms with Gasteiger partial charge in [-0.05, 0) is 32.6 Å². The molecule has 1 atom stereocenters. The molecule has 6 nitrogen and oxygen atoms in total. The minimum absolute atomic E-state index is 0.0412. The molecule has 0 bridgehead atoms. The zero-order valence-corrected chi connectivity index (χ0v) is 14.9. The Morgan fingerprint density at radius 3 is 2.68 bits per heavy atom. The van der Waals surface area contributed by atoms with Crippen molar-refractivity contribution >= 4 is 5.96 Å². The molecule has 25 heavy (non-hydrogen) atoms. The van der Waals surface area contributed by atoms with Crippen LogP contribution in [0, 0.1) is 0 Å². The first kappa shape index (κ1) is 22.0. The van der Waals surface area contributed by atoms with Crippen LogP contribution in [0.2, 0.25) is 0 Å². The quantitative estimate of drug-likeness (QED) is 0.313. The molecule has 0 saturated carbocycles. The number of ether oxygens (including phenoxy) is 3. The molecule has 0 aromatic rings. The zero-order chi connectivity index (χ0) is 18.4. The summed E-state index contributed by atoms with van der Waals surface area (Å²) < 4.78 is 51.4. The van der Waals surface area contributed by atoms with E-state index in [1.807, 2.05) is 6.92 Å². The van der Waals surface area contributed by atoms with Gasteiger partial charge in [0.25, 0.3) is 0 Å². The summed E-state index contributed by atoms with van der Waals surface area (Å²) in [6.07, 6.45) is -0.567. The number of hydrogen-bond acceptors (Lipinski definition) is 4. The Morgan fingerprint density at radius 2 is 2.00 bits per heavy atom. The van der Waals surface area contributed by atoms with Crippen molar-refractivity contribution in [3.63, 3.8) is 0 Å². The van der Waals surface area contributed by atoms with Crippen LogP contribution in [-0.4, -0.2) is 70.9 Å². The van der Waals surface area contributed by atoms with Crippen LogP contribution in [0.25, 0.3) is 0 Å². The van der Waals surface area contributed by atoms with Crippen molar-refractivity contribution in [3.05, 3.63) is 0 Å². The minimum atomic E-state index is -4.27. The molecule has 2 N–H and O–H groups in total. The summed E-state index contributed by atoms with van der Waals surface area (Å²) in [6.45, 7) is 4.74. The molecule has 0 aromatic carbocycles. The normalized spacial score (nSPS) is 18.6. The number of guanidine groups is 1. The SMILES string of the molecule is CCNC(=NCCCOCC(F)(F)F)NCCCOCC1CCCO1. The number of aliphatic imine (C=N–C) groups is 1. The average Bonchev–Trinajstić information content (AvgIpc) is 3.06. The van der Waals surface area contributed by atoms with E-state index in [4.69, 9.17) is 9.47 Å². The summed E-state index contributed by atoms with van der Waals surface area (Å²) in [5, 5.41) is 6.26. The Morgan fingerprint density at radius 1 is 1.20 bits per heavy atom. The largest absolute Gasteiger partial charge is 0.411 e. The van der Waals surface area contributed by atoms with Crippen molar-refractivity contribution in [2.24, 2.45) is 4.99 Å². The summed E-state index contributed by atoms with van der Waals surface area (Å²) >= 11 is 0. The van der Waals surface area contributed by atoms with Crippen LogP contribution in [0.15, 0.2) is 4.99 Å². The molecule has 1 aliphatic rings. The summed E-state index contributed by atoms with van der Waals surface area (Å²) in [5.74, 6) is 0.650. The highest BCUT2D eigenvalue weighted by Crippen LogP contribution is 2.14. The van der Waals surface area contributed by atoms with E-state index >= 15 is 0 Å². The predicted octanol–water partition coefficient (Wildman–Crippen LogP) is 2.10. The third-order valence-corrected chi connectivity index (χ3v) is 3.41. The lowest BCUT2D eigenvalue weighted by molar-refractivity contribution is -0.173. The van der Waals surface area contributed by atoms with Crippen LogP contribution in [0.5, 0.6) is 0 Å². The standard InChI is InChI=1S/C16H30F3N3O3/c1-2-20-15(22-8-5-10-24-13-16(17,18)19)21-7-4-9-23-12-14-6-3-11-25-14/h14H,2-13H2,1H3,(H2,20,21,22). The molecular weight excluding hydrogens is 339 g/mol. The summed E-state index contributed by atoms with van der Waals surface area (Å²) in [7, 11) is 0. The van der Waals surface area contributed by atoms with Crippen molar-refractivity contribution in [1.29, 1.82) is 0 Å². The average molecular weight is 369 g/mol. The molecule has 1 saturated heterocycles.